The lowest BCUT2D eigenvalue weighted by atomic mass is 10.2. The zero-order chi connectivity index (χ0) is 20.7. The summed E-state index contributed by atoms with van der Waals surface area (Å²) < 4.78 is 40.6. The number of benzene rings is 2. The Bertz CT molecular complexity index is 954. The number of para-hydroxylation sites is 2. The maximum absolute atomic E-state index is 12.6. The molecule has 0 saturated carbocycles. The Labute approximate surface area is 163 Å². The number of hydrogen-bond acceptors (Lipinski definition) is 7. The predicted molar refractivity (Wildman–Crippen MR) is 101 cm³/mol. The van der Waals surface area contributed by atoms with Gasteiger partial charge >= 0.3 is 16.1 Å². The van der Waals surface area contributed by atoms with Gasteiger partial charge in [-0.25, -0.2) is 4.79 Å². The summed E-state index contributed by atoms with van der Waals surface area (Å²) in [5.74, 6) is -0.893. The fourth-order valence-electron chi connectivity index (χ4n) is 2.08. The van der Waals surface area contributed by atoms with Crippen LogP contribution in [-0.4, -0.2) is 52.5 Å². The summed E-state index contributed by atoms with van der Waals surface area (Å²) in [6, 6.07) is 11.5. The summed E-state index contributed by atoms with van der Waals surface area (Å²) in [6.07, 6.45) is 0. The molecular formula is C19H21NO7S. The van der Waals surface area contributed by atoms with E-state index in [2.05, 4.69) is 0 Å². The molecule has 150 valence electrons. The van der Waals surface area contributed by atoms with E-state index in [1.54, 1.807) is 25.1 Å². The van der Waals surface area contributed by atoms with Crippen molar-refractivity contribution >= 4 is 22.0 Å². The molecular weight excluding hydrogens is 386 g/mol. The number of hydrogen-bond donors (Lipinski definition) is 0. The number of carbonyl (C=O) groups is 2. The first-order valence-corrected chi connectivity index (χ1v) is 9.79. The quantitative estimate of drug-likeness (QED) is 0.488. The predicted octanol–water partition coefficient (Wildman–Crippen LogP) is 2.10. The Morgan fingerprint density at radius 1 is 1.00 bits per heavy atom. The number of esters is 1. The van der Waals surface area contributed by atoms with Gasteiger partial charge in [-0.2, -0.15) is 8.42 Å². The normalized spacial score (nSPS) is 10.8. The van der Waals surface area contributed by atoms with Crippen molar-refractivity contribution < 1.29 is 31.7 Å². The second kappa shape index (κ2) is 9.23. The molecule has 2 aromatic rings. The molecule has 0 aliphatic carbocycles. The SMILES string of the molecule is CCOc1ccccc1OS(=O)(=O)c1cccc(C(=O)OCC(=O)N(C)C)c1. The van der Waals surface area contributed by atoms with Crippen molar-refractivity contribution in [2.75, 3.05) is 27.3 Å². The first kappa shape index (κ1) is 21.2. The lowest BCUT2D eigenvalue weighted by molar-refractivity contribution is -0.131. The van der Waals surface area contributed by atoms with E-state index in [1.807, 2.05) is 0 Å². The van der Waals surface area contributed by atoms with Crippen molar-refractivity contribution in [2.24, 2.45) is 0 Å². The van der Waals surface area contributed by atoms with Crippen molar-refractivity contribution in [3.63, 3.8) is 0 Å². The topological polar surface area (TPSA) is 99.2 Å². The van der Waals surface area contributed by atoms with Crippen molar-refractivity contribution in [3.8, 4) is 11.5 Å². The minimum atomic E-state index is -4.22. The number of ether oxygens (including phenoxy) is 2. The van der Waals surface area contributed by atoms with Crippen LogP contribution in [0.2, 0.25) is 0 Å². The summed E-state index contributed by atoms with van der Waals surface area (Å²) in [5.41, 5.74) is -0.0191. The smallest absolute Gasteiger partial charge is 0.339 e. The lowest BCUT2D eigenvalue weighted by Gasteiger charge is -2.12. The molecule has 0 radical (unpaired) electrons. The fraction of sp³-hybridized carbons (Fsp3) is 0.263. The van der Waals surface area contributed by atoms with Gasteiger partial charge in [0.25, 0.3) is 5.91 Å². The summed E-state index contributed by atoms with van der Waals surface area (Å²) >= 11 is 0. The molecule has 0 bridgehead atoms. The first-order chi connectivity index (χ1) is 13.2. The molecule has 0 aromatic heterocycles. The monoisotopic (exact) mass is 407 g/mol. The third-order valence-electron chi connectivity index (χ3n) is 3.53. The largest absolute Gasteiger partial charge is 0.490 e. The van der Waals surface area contributed by atoms with Crippen molar-refractivity contribution in [1.29, 1.82) is 0 Å². The summed E-state index contributed by atoms with van der Waals surface area (Å²) in [6.45, 7) is 1.66. The van der Waals surface area contributed by atoms with E-state index >= 15 is 0 Å². The minimum Gasteiger partial charge on any atom is -0.490 e. The van der Waals surface area contributed by atoms with E-state index in [1.165, 1.54) is 43.3 Å². The molecule has 0 aliphatic rings. The summed E-state index contributed by atoms with van der Waals surface area (Å²) in [7, 11) is -1.16. The Morgan fingerprint density at radius 3 is 2.32 bits per heavy atom. The van der Waals surface area contributed by atoms with Crippen molar-refractivity contribution in [3.05, 3.63) is 54.1 Å². The Morgan fingerprint density at radius 2 is 1.68 bits per heavy atom. The standard InChI is InChI=1S/C19H21NO7S/c1-4-25-16-10-5-6-11-17(16)27-28(23,24)15-9-7-8-14(12-15)19(22)26-13-18(21)20(2)3/h5-12H,4,13H2,1-3H3. The highest BCUT2D eigenvalue weighted by Gasteiger charge is 2.21. The maximum atomic E-state index is 12.6. The van der Waals surface area contributed by atoms with Gasteiger partial charge in [-0.15, -0.1) is 0 Å². The van der Waals surface area contributed by atoms with Gasteiger partial charge in [0.1, 0.15) is 4.90 Å². The highest BCUT2D eigenvalue weighted by atomic mass is 32.2. The van der Waals surface area contributed by atoms with Crippen LogP contribution in [0, 0.1) is 0 Å². The van der Waals surface area contributed by atoms with Gasteiger partial charge in [-0.1, -0.05) is 18.2 Å². The molecule has 2 rings (SSSR count). The first-order valence-electron chi connectivity index (χ1n) is 8.38. The molecule has 0 unspecified atom stereocenters. The highest BCUT2D eigenvalue weighted by Crippen LogP contribution is 2.29. The molecule has 2 aromatic carbocycles. The van der Waals surface area contributed by atoms with E-state index in [-0.39, 0.29) is 22.0 Å². The van der Waals surface area contributed by atoms with E-state index in [0.717, 1.165) is 6.07 Å². The number of likely N-dealkylation sites (N-methyl/N-ethyl adjacent to an activating group) is 1. The lowest BCUT2D eigenvalue weighted by Crippen LogP contribution is -2.27. The van der Waals surface area contributed by atoms with Crippen LogP contribution in [0.25, 0.3) is 0 Å². The van der Waals surface area contributed by atoms with Crippen LogP contribution in [0.3, 0.4) is 0 Å². The van der Waals surface area contributed by atoms with Crippen LogP contribution in [0.15, 0.2) is 53.4 Å². The van der Waals surface area contributed by atoms with Crippen LogP contribution in [-0.2, 0) is 19.6 Å². The molecule has 0 atom stereocenters. The van der Waals surface area contributed by atoms with E-state index in [9.17, 15) is 18.0 Å². The molecule has 0 aliphatic heterocycles. The molecule has 0 saturated heterocycles. The van der Waals surface area contributed by atoms with Crippen LogP contribution < -0.4 is 8.92 Å². The Kier molecular flexibility index (Phi) is 7.00. The van der Waals surface area contributed by atoms with Gasteiger partial charge in [-0.3, -0.25) is 4.79 Å². The fourth-order valence-corrected chi connectivity index (χ4v) is 3.07. The molecule has 0 heterocycles. The van der Waals surface area contributed by atoms with Crippen LogP contribution in [0.5, 0.6) is 11.5 Å². The number of rotatable bonds is 8. The molecule has 0 spiro atoms. The Hall–Kier alpha value is -3.07. The van der Waals surface area contributed by atoms with Crippen molar-refractivity contribution in [1.82, 2.24) is 4.90 Å². The van der Waals surface area contributed by atoms with Crippen LogP contribution in [0.4, 0.5) is 0 Å². The third kappa shape index (κ3) is 5.46. The number of nitrogens with zero attached hydrogens (tertiary/aromatic N) is 1. The second-order valence-electron chi connectivity index (χ2n) is 5.81. The van der Waals surface area contributed by atoms with Gasteiger partial charge in [0.15, 0.2) is 18.1 Å². The zero-order valence-electron chi connectivity index (χ0n) is 15.7. The molecule has 9 heteroatoms. The molecule has 8 nitrogen and oxygen atoms in total. The summed E-state index contributed by atoms with van der Waals surface area (Å²) in [5, 5.41) is 0. The van der Waals surface area contributed by atoms with Crippen LogP contribution >= 0.6 is 0 Å². The van der Waals surface area contributed by atoms with Gasteiger partial charge in [-0.05, 0) is 37.3 Å². The van der Waals surface area contributed by atoms with Gasteiger partial charge in [0.05, 0.1) is 12.2 Å². The number of carbonyl (C=O) groups excluding carboxylic acids is 2. The molecule has 1 amide bonds. The molecule has 0 fully saturated rings. The molecule has 28 heavy (non-hydrogen) atoms. The van der Waals surface area contributed by atoms with E-state index < -0.39 is 28.6 Å². The zero-order valence-corrected chi connectivity index (χ0v) is 16.6. The van der Waals surface area contributed by atoms with Gasteiger partial charge in [0, 0.05) is 14.1 Å². The van der Waals surface area contributed by atoms with E-state index in [0.29, 0.717) is 6.61 Å². The summed E-state index contributed by atoms with van der Waals surface area (Å²) in [4.78, 5) is 24.7. The minimum absolute atomic E-state index is 0.0191. The van der Waals surface area contributed by atoms with Gasteiger partial charge in [0.2, 0.25) is 0 Å². The average molecular weight is 407 g/mol. The van der Waals surface area contributed by atoms with Crippen LogP contribution in [0.1, 0.15) is 17.3 Å². The Balaban J connectivity index is 2.20. The van der Waals surface area contributed by atoms with Crippen molar-refractivity contribution in [2.45, 2.75) is 11.8 Å². The van der Waals surface area contributed by atoms with Gasteiger partial charge < -0.3 is 18.6 Å². The number of amides is 1. The molecule has 0 N–H and O–H groups in total. The maximum Gasteiger partial charge on any atom is 0.339 e. The second-order valence-corrected chi connectivity index (χ2v) is 7.36. The average Bonchev–Trinajstić information content (AvgIpc) is 2.67. The third-order valence-corrected chi connectivity index (χ3v) is 4.76. The highest BCUT2D eigenvalue weighted by molar-refractivity contribution is 7.87. The van der Waals surface area contributed by atoms with E-state index in [4.69, 9.17) is 13.7 Å².